The minimum atomic E-state index is -3.35. The third kappa shape index (κ3) is 6.32. The van der Waals surface area contributed by atoms with Crippen molar-refractivity contribution in [3.8, 4) is 0 Å². The molecule has 2 rings (SSSR count). The van der Waals surface area contributed by atoms with Crippen LogP contribution in [0.2, 0.25) is 0 Å². The molecular weight excluding hydrogens is 336 g/mol. The van der Waals surface area contributed by atoms with Crippen LogP contribution in [0, 0.1) is 0 Å². The summed E-state index contributed by atoms with van der Waals surface area (Å²) in [7, 11) is -3.35. The van der Waals surface area contributed by atoms with Gasteiger partial charge in [0.25, 0.3) is 0 Å². The van der Waals surface area contributed by atoms with Gasteiger partial charge in [-0.2, -0.15) is 0 Å². The number of aliphatic imine (C=N–C) groups is 1. The van der Waals surface area contributed by atoms with Crippen LogP contribution >= 0.6 is 0 Å². The van der Waals surface area contributed by atoms with E-state index in [9.17, 15) is 8.42 Å². The predicted molar refractivity (Wildman–Crippen MR) is 103 cm³/mol. The Balaban J connectivity index is 2.15. The lowest BCUT2D eigenvalue weighted by Gasteiger charge is -2.21. The molecule has 1 saturated heterocycles. The molecule has 1 aliphatic heterocycles. The van der Waals surface area contributed by atoms with E-state index in [2.05, 4.69) is 21.9 Å². The summed E-state index contributed by atoms with van der Waals surface area (Å²) in [5.41, 5.74) is 1.75. The molecule has 25 heavy (non-hydrogen) atoms. The fourth-order valence-electron chi connectivity index (χ4n) is 2.97. The Labute approximate surface area is 151 Å². The number of likely N-dealkylation sites (tertiary alicyclic amines) is 1. The van der Waals surface area contributed by atoms with E-state index in [1.54, 1.807) is 0 Å². The van der Waals surface area contributed by atoms with Crippen molar-refractivity contribution in [3.05, 3.63) is 35.4 Å². The molecule has 140 valence electrons. The van der Waals surface area contributed by atoms with E-state index in [4.69, 9.17) is 4.99 Å². The van der Waals surface area contributed by atoms with Gasteiger partial charge < -0.3 is 10.2 Å². The molecule has 0 radical (unpaired) electrons. The summed E-state index contributed by atoms with van der Waals surface area (Å²) in [5.74, 6) is 0.898. The molecular formula is C18H30N4O2S. The van der Waals surface area contributed by atoms with E-state index < -0.39 is 10.0 Å². The van der Waals surface area contributed by atoms with Crippen LogP contribution in [0.5, 0.6) is 0 Å². The Morgan fingerprint density at radius 3 is 2.44 bits per heavy atom. The minimum absolute atomic E-state index is 0.0167. The van der Waals surface area contributed by atoms with Crippen molar-refractivity contribution in [2.24, 2.45) is 4.99 Å². The lowest BCUT2D eigenvalue weighted by atomic mass is 10.1. The Morgan fingerprint density at radius 2 is 1.84 bits per heavy atom. The Bertz CT molecular complexity index is 680. The van der Waals surface area contributed by atoms with Crippen molar-refractivity contribution in [1.29, 1.82) is 0 Å². The molecule has 6 nitrogen and oxygen atoms in total. The number of benzene rings is 1. The number of nitrogens with zero attached hydrogens (tertiary/aromatic N) is 2. The van der Waals surface area contributed by atoms with Crippen molar-refractivity contribution < 1.29 is 8.42 Å². The number of rotatable bonds is 7. The molecule has 1 aliphatic rings. The Hall–Kier alpha value is -1.60. The van der Waals surface area contributed by atoms with Crippen LogP contribution < -0.4 is 10.0 Å². The standard InChI is InChI=1S/C18H30N4O2S/c1-4-19-18(22-11-7-8-12-22)20-13-16-9-5-6-10-17(16)14-25(23,24)21-15(2)3/h5-6,9-10,15,21H,4,7-8,11-14H2,1-3H3,(H,19,20). The van der Waals surface area contributed by atoms with Gasteiger partial charge in [-0.3, -0.25) is 0 Å². The highest BCUT2D eigenvalue weighted by molar-refractivity contribution is 7.88. The molecule has 0 aliphatic carbocycles. The molecule has 1 fully saturated rings. The van der Waals surface area contributed by atoms with Crippen LogP contribution in [0.25, 0.3) is 0 Å². The quantitative estimate of drug-likeness (QED) is 0.572. The van der Waals surface area contributed by atoms with Crippen LogP contribution in [-0.4, -0.2) is 45.0 Å². The van der Waals surface area contributed by atoms with E-state index in [0.717, 1.165) is 36.7 Å². The Kier molecular flexibility index (Phi) is 7.25. The molecule has 7 heteroatoms. The number of nitrogens with one attached hydrogen (secondary N) is 2. The van der Waals surface area contributed by atoms with Gasteiger partial charge in [0, 0.05) is 25.7 Å². The summed E-state index contributed by atoms with van der Waals surface area (Å²) in [6.07, 6.45) is 2.39. The molecule has 1 heterocycles. The summed E-state index contributed by atoms with van der Waals surface area (Å²) >= 11 is 0. The number of hydrogen-bond donors (Lipinski definition) is 2. The fourth-order valence-corrected chi connectivity index (χ4v) is 4.47. The van der Waals surface area contributed by atoms with E-state index >= 15 is 0 Å². The molecule has 0 unspecified atom stereocenters. The number of hydrogen-bond acceptors (Lipinski definition) is 3. The highest BCUT2D eigenvalue weighted by atomic mass is 32.2. The SMILES string of the molecule is CCNC(=NCc1ccccc1CS(=O)(=O)NC(C)C)N1CCCC1. The highest BCUT2D eigenvalue weighted by Gasteiger charge is 2.17. The van der Waals surface area contributed by atoms with E-state index in [1.165, 1.54) is 12.8 Å². The van der Waals surface area contributed by atoms with Crippen LogP contribution in [0.4, 0.5) is 0 Å². The molecule has 0 amide bonds. The molecule has 1 aromatic carbocycles. The van der Waals surface area contributed by atoms with Gasteiger partial charge in [0.1, 0.15) is 0 Å². The zero-order chi connectivity index (χ0) is 18.3. The highest BCUT2D eigenvalue weighted by Crippen LogP contribution is 2.15. The van der Waals surface area contributed by atoms with Crippen LogP contribution in [0.3, 0.4) is 0 Å². The molecule has 0 saturated carbocycles. The van der Waals surface area contributed by atoms with Gasteiger partial charge >= 0.3 is 0 Å². The van der Waals surface area contributed by atoms with Crippen molar-refractivity contribution in [2.45, 2.75) is 52.0 Å². The number of sulfonamides is 1. The molecule has 0 bridgehead atoms. The zero-order valence-corrected chi connectivity index (χ0v) is 16.3. The molecule has 1 aromatic rings. The van der Waals surface area contributed by atoms with Gasteiger partial charge in [0.05, 0.1) is 12.3 Å². The van der Waals surface area contributed by atoms with Gasteiger partial charge in [-0.15, -0.1) is 0 Å². The third-order valence-corrected chi connectivity index (χ3v) is 5.54. The topological polar surface area (TPSA) is 73.8 Å². The molecule has 0 aromatic heterocycles. The minimum Gasteiger partial charge on any atom is -0.357 e. The molecule has 0 atom stereocenters. The predicted octanol–water partition coefficient (Wildman–Crippen LogP) is 2.08. The zero-order valence-electron chi connectivity index (χ0n) is 15.5. The summed E-state index contributed by atoms with van der Waals surface area (Å²) in [5, 5.41) is 3.33. The molecule has 2 N–H and O–H groups in total. The lowest BCUT2D eigenvalue weighted by molar-refractivity contribution is 0.493. The van der Waals surface area contributed by atoms with Crippen LogP contribution in [-0.2, 0) is 22.3 Å². The van der Waals surface area contributed by atoms with Gasteiger partial charge in [-0.1, -0.05) is 24.3 Å². The van der Waals surface area contributed by atoms with E-state index in [-0.39, 0.29) is 11.8 Å². The maximum atomic E-state index is 12.2. The maximum absolute atomic E-state index is 12.2. The normalized spacial score (nSPS) is 15.8. The summed E-state index contributed by atoms with van der Waals surface area (Å²) in [4.78, 5) is 7.00. The summed E-state index contributed by atoms with van der Waals surface area (Å²) in [6.45, 7) is 9.07. The average molecular weight is 367 g/mol. The summed E-state index contributed by atoms with van der Waals surface area (Å²) < 4.78 is 27.1. The summed E-state index contributed by atoms with van der Waals surface area (Å²) in [6, 6.07) is 7.52. The largest absolute Gasteiger partial charge is 0.357 e. The first kappa shape index (κ1) is 19.7. The van der Waals surface area contributed by atoms with Crippen molar-refractivity contribution in [1.82, 2.24) is 14.9 Å². The van der Waals surface area contributed by atoms with Crippen molar-refractivity contribution >= 4 is 16.0 Å². The van der Waals surface area contributed by atoms with E-state index in [1.807, 2.05) is 38.1 Å². The second-order valence-corrected chi connectivity index (χ2v) is 8.42. The first-order valence-electron chi connectivity index (χ1n) is 9.01. The van der Waals surface area contributed by atoms with Crippen LogP contribution in [0.1, 0.15) is 44.7 Å². The average Bonchev–Trinajstić information content (AvgIpc) is 3.05. The first-order chi connectivity index (χ1) is 11.9. The third-order valence-electron chi connectivity index (χ3n) is 4.02. The second kappa shape index (κ2) is 9.20. The Morgan fingerprint density at radius 1 is 1.20 bits per heavy atom. The van der Waals surface area contributed by atoms with Gasteiger partial charge in [-0.05, 0) is 44.7 Å². The smallest absolute Gasteiger partial charge is 0.216 e. The number of guanidine groups is 1. The van der Waals surface area contributed by atoms with Crippen molar-refractivity contribution in [2.75, 3.05) is 19.6 Å². The first-order valence-corrected chi connectivity index (χ1v) is 10.7. The van der Waals surface area contributed by atoms with E-state index in [0.29, 0.717) is 6.54 Å². The van der Waals surface area contributed by atoms with Gasteiger partial charge in [-0.25, -0.2) is 18.1 Å². The monoisotopic (exact) mass is 366 g/mol. The fraction of sp³-hybridized carbons (Fsp3) is 0.611. The molecule has 0 spiro atoms. The second-order valence-electron chi connectivity index (χ2n) is 6.66. The van der Waals surface area contributed by atoms with Gasteiger partial charge in [0.15, 0.2) is 5.96 Å². The maximum Gasteiger partial charge on any atom is 0.216 e. The lowest BCUT2D eigenvalue weighted by Crippen LogP contribution is -2.39. The van der Waals surface area contributed by atoms with Gasteiger partial charge in [0.2, 0.25) is 10.0 Å². The van der Waals surface area contributed by atoms with Crippen molar-refractivity contribution in [3.63, 3.8) is 0 Å². The van der Waals surface area contributed by atoms with Crippen LogP contribution in [0.15, 0.2) is 29.3 Å².